The van der Waals surface area contributed by atoms with Gasteiger partial charge in [-0.2, -0.15) is 0 Å². The Kier molecular flexibility index (Phi) is 3.38. The van der Waals surface area contributed by atoms with Gasteiger partial charge in [0.25, 0.3) is 0 Å². The Morgan fingerprint density at radius 2 is 1.65 bits per heavy atom. The van der Waals surface area contributed by atoms with Crippen LogP contribution in [0.2, 0.25) is 0 Å². The van der Waals surface area contributed by atoms with E-state index in [9.17, 15) is 0 Å². The summed E-state index contributed by atoms with van der Waals surface area (Å²) in [6, 6.07) is 15.7. The van der Waals surface area contributed by atoms with Crippen LogP contribution < -0.4 is 21.2 Å². The van der Waals surface area contributed by atoms with Crippen molar-refractivity contribution in [1.82, 2.24) is 0 Å². The molecule has 0 atom stereocenters. The molecule has 1 aliphatic rings. The van der Waals surface area contributed by atoms with Crippen molar-refractivity contribution in [3.8, 4) is 0 Å². The molecule has 0 saturated heterocycles. The quantitative estimate of drug-likeness (QED) is 0.283. The van der Waals surface area contributed by atoms with E-state index in [-0.39, 0.29) is 41.9 Å². The van der Waals surface area contributed by atoms with Crippen molar-refractivity contribution >= 4 is 52.4 Å². The summed E-state index contributed by atoms with van der Waals surface area (Å²) >= 11 is 0.185. The molecule has 20 heavy (non-hydrogen) atoms. The number of fused-ring (bicyclic) bond motifs is 6. The van der Waals surface area contributed by atoms with Crippen LogP contribution in [-0.2, 0) is 0 Å². The number of rotatable bonds is 1. The monoisotopic (exact) mass is 483 g/mol. The summed E-state index contributed by atoms with van der Waals surface area (Å²) in [5.74, 6) is 0. The van der Waals surface area contributed by atoms with Crippen molar-refractivity contribution in [2.75, 3.05) is 4.93 Å². The number of hydrogen-bond donors (Lipinski definition) is 0. The molecular weight excluding hydrogens is 470 g/mol. The van der Waals surface area contributed by atoms with Gasteiger partial charge in [0.2, 0.25) is 0 Å². The average molecular weight is 483 g/mol. The summed E-state index contributed by atoms with van der Waals surface area (Å²) in [6.07, 6.45) is 2.36. The molecule has 0 amide bonds. The first-order valence-corrected chi connectivity index (χ1v) is 12.2. The summed E-state index contributed by atoms with van der Waals surface area (Å²) in [6.45, 7) is 0. The van der Waals surface area contributed by atoms with Gasteiger partial charge in [-0.25, -0.2) is 0 Å². The van der Waals surface area contributed by atoms with Crippen LogP contribution >= 0.6 is 20.7 Å². The maximum absolute atomic E-state index is 2.51. The third kappa shape index (κ3) is 1.88. The molecular formula is C18H13I2-. The molecule has 2 heteroatoms. The second-order valence-corrected chi connectivity index (χ2v) is 9.05. The van der Waals surface area contributed by atoms with E-state index in [0.717, 1.165) is 0 Å². The van der Waals surface area contributed by atoms with Crippen molar-refractivity contribution in [2.24, 2.45) is 0 Å². The van der Waals surface area contributed by atoms with Crippen molar-refractivity contribution in [3.63, 3.8) is 0 Å². The fraction of sp³-hybridized carbons (Fsp3) is 0.0556. The molecule has 0 saturated carbocycles. The molecule has 1 aliphatic heterocycles. The molecule has 0 bridgehead atoms. The van der Waals surface area contributed by atoms with Gasteiger partial charge in [-0.05, 0) is 0 Å². The van der Waals surface area contributed by atoms with Gasteiger partial charge in [-0.3, -0.25) is 0 Å². The zero-order valence-electron chi connectivity index (χ0n) is 11.0. The molecule has 3 aromatic carbocycles. The van der Waals surface area contributed by atoms with E-state index in [1.54, 1.807) is 3.57 Å². The fourth-order valence-electron chi connectivity index (χ4n) is 2.90. The minimum absolute atomic E-state index is 0.0829. The van der Waals surface area contributed by atoms with Gasteiger partial charge in [-0.1, -0.05) is 0 Å². The predicted octanol–water partition coefficient (Wildman–Crippen LogP) is 1.99. The van der Waals surface area contributed by atoms with Crippen LogP contribution in [0, 0.1) is 3.57 Å². The second kappa shape index (κ2) is 5.22. The average Bonchev–Trinajstić information content (AvgIpc) is 2.54. The molecule has 0 radical (unpaired) electrons. The zero-order valence-corrected chi connectivity index (χ0v) is 15.3. The topological polar surface area (TPSA) is 0 Å². The SMILES string of the molecule is C[I-]c1cccc2c1c1c(c3ccccc32)C=CI=C1. The second-order valence-electron chi connectivity index (χ2n) is 4.75. The van der Waals surface area contributed by atoms with Crippen LogP contribution in [-0.4, -0.2) is 8.94 Å². The van der Waals surface area contributed by atoms with Crippen LogP contribution in [0.4, 0.5) is 0 Å². The summed E-state index contributed by atoms with van der Waals surface area (Å²) in [4.78, 5) is 2.36. The summed E-state index contributed by atoms with van der Waals surface area (Å²) in [7, 11) is 0. The first-order valence-electron chi connectivity index (χ1n) is 6.49. The van der Waals surface area contributed by atoms with E-state index in [1.807, 2.05) is 0 Å². The molecule has 4 rings (SSSR count). The molecule has 100 valence electrons. The third-order valence-corrected chi connectivity index (χ3v) is 7.58. The fourth-order valence-corrected chi connectivity index (χ4v) is 6.37. The third-order valence-electron chi connectivity index (χ3n) is 3.76. The van der Waals surface area contributed by atoms with Crippen molar-refractivity contribution < 1.29 is 21.2 Å². The van der Waals surface area contributed by atoms with Gasteiger partial charge in [0.15, 0.2) is 0 Å². The Bertz CT molecular complexity index is 889. The summed E-state index contributed by atoms with van der Waals surface area (Å²) in [5.41, 5.74) is 2.94. The van der Waals surface area contributed by atoms with Crippen LogP contribution in [0.25, 0.3) is 27.6 Å². The van der Waals surface area contributed by atoms with Crippen molar-refractivity contribution in [2.45, 2.75) is 0 Å². The Hall–Kier alpha value is -0.750. The molecule has 0 nitrogen and oxygen atoms in total. The van der Waals surface area contributed by atoms with Crippen LogP contribution in [0.5, 0.6) is 0 Å². The van der Waals surface area contributed by atoms with Crippen LogP contribution in [0.1, 0.15) is 11.1 Å². The first-order chi connectivity index (χ1) is 9.90. The Morgan fingerprint density at radius 3 is 2.50 bits per heavy atom. The Labute approximate surface area is 138 Å². The Balaban J connectivity index is 2.34. The minimum atomic E-state index is 0.0829. The molecule has 0 fully saturated rings. The molecule has 0 spiro atoms. The molecule has 0 N–H and O–H groups in total. The van der Waals surface area contributed by atoms with E-state index >= 15 is 0 Å². The van der Waals surface area contributed by atoms with E-state index in [4.69, 9.17) is 0 Å². The number of hydrogen-bond acceptors (Lipinski definition) is 0. The van der Waals surface area contributed by atoms with Crippen LogP contribution in [0.3, 0.4) is 0 Å². The summed E-state index contributed by atoms with van der Waals surface area (Å²) < 4.78 is 6.47. The standard InChI is InChI=1S/C18H13I2/c1-19-17-8-4-7-15-13-6-3-2-5-12(13)14-9-10-20-11-16(14)18(15)17/h2-11H,1H3/q-1. The van der Waals surface area contributed by atoms with Gasteiger partial charge in [-0.15, -0.1) is 0 Å². The van der Waals surface area contributed by atoms with Crippen molar-refractivity contribution in [3.05, 3.63) is 61.2 Å². The molecule has 0 unspecified atom stereocenters. The van der Waals surface area contributed by atoms with Gasteiger partial charge >= 0.3 is 140 Å². The summed E-state index contributed by atoms with van der Waals surface area (Å²) in [5, 5.41) is 5.77. The maximum atomic E-state index is 2.51. The molecule has 1 heterocycles. The molecule has 3 aromatic rings. The normalized spacial score (nSPS) is 13.7. The van der Waals surface area contributed by atoms with Gasteiger partial charge in [0.05, 0.1) is 0 Å². The number of alkyl halides is 1. The first kappa shape index (κ1) is 13.0. The molecule has 0 aromatic heterocycles. The van der Waals surface area contributed by atoms with Gasteiger partial charge in [0.1, 0.15) is 0 Å². The number of benzene rings is 3. The molecule has 0 aliphatic carbocycles. The van der Waals surface area contributed by atoms with Crippen LogP contribution in [0.15, 0.2) is 46.5 Å². The number of halogens is 2. The van der Waals surface area contributed by atoms with E-state index < -0.39 is 0 Å². The van der Waals surface area contributed by atoms with E-state index in [2.05, 4.69) is 61.6 Å². The van der Waals surface area contributed by atoms with Gasteiger partial charge < -0.3 is 0 Å². The van der Waals surface area contributed by atoms with E-state index in [0.29, 0.717) is 0 Å². The van der Waals surface area contributed by atoms with Gasteiger partial charge in [0, 0.05) is 0 Å². The predicted molar refractivity (Wildman–Crippen MR) is 94.3 cm³/mol. The zero-order chi connectivity index (χ0) is 13.5. The van der Waals surface area contributed by atoms with E-state index in [1.165, 1.54) is 32.7 Å². The van der Waals surface area contributed by atoms with Crippen molar-refractivity contribution in [1.29, 1.82) is 0 Å². The Morgan fingerprint density at radius 1 is 0.850 bits per heavy atom.